The van der Waals surface area contributed by atoms with Crippen LogP contribution in [0.25, 0.3) is 0 Å². The zero-order chi connectivity index (χ0) is 24.5. The van der Waals surface area contributed by atoms with Gasteiger partial charge < -0.3 is 25.5 Å². The Morgan fingerprint density at radius 2 is 1.34 bits per heavy atom. The van der Waals surface area contributed by atoms with Gasteiger partial charge in [-0.1, -0.05) is 0 Å². The summed E-state index contributed by atoms with van der Waals surface area (Å²) in [5.41, 5.74) is 0. The van der Waals surface area contributed by atoms with Crippen molar-refractivity contribution in [1.29, 1.82) is 0 Å². The molecule has 4 atom stereocenters. The largest absolute Gasteiger partial charge is 0.346 e. The van der Waals surface area contributed by atoms with Crippen LogP contribution in [0, 0.1) is 5.92 Å². The van der Waals surface area contributed by atoms with Gasteiger partial charge in [-0.25, -0.2) is 0 Å². The third-order valence-electron chi connectivity index (χ3n) is 5.24. The second-order valence-electron chi connectivity index (χ2n) is 7.68. The lowest BCUT2D eigenvalue weighted by Gasteiger charge is -2.22. The van der Waals surface area contributed by atoms with Crippen molar-refractivity contribution in [2.75, 3.05) is 25.6 Å². The van der Waals surface area contributed by atoms with Crippen LogP contribution in [-0.2, 0) is 28.8 Å². The Balaban J connectivity index is 5.21. The predicted molar refractivity (Wildman–Crippen MR) is 125 cm³/mol. The molecule has 0 rings (SSSR count). The summed E-state index contributed by atoms with van der Waals surface area (Å²) in [5, 5.41) is 8.51. The number of carbonyl (C=O) groups excluding carboxylic acids is 6. The van der Waals surface area contributed by atoms with E-state index in [4.69, 9.17) is 0 Å². The highest BCUT2D eigenvalue weighted by atomic mass is 32.2. The van der Waals surface area contributed by atoms with Gasteiger partial charge in [0.15, 0.2) is 11.6 Å². The lowest BCUT2D eigenvalue weighted by molar-refractivity contribution is -0.132. The van der Waals surface area contributed by atoms with Crippen LogP contribution in [-0.4, -0.2) is 79.6 Å². The Bertz CT molecular complexity index is 643. The third-order valence-corrected chi connectivity index (χ3v) is 6.34. The molecule has 0 saturated heterocycles. The van der Waals surface area contributed by atoms with Gasteiger partial charge in [0.1, 0.15) is 18.4 Å². The zero-order valence-electron chi connectivity index (χ0n) is 19.5. The van der Waals surface area contributed by atoms with E-state index in [-0.39, 0.29) is 49.1 Å². The van der Waals surface area contributed by atoms with E-state index in [1.807, 2.05) is 0 Å². The van der Waals surface area contributed by atoms with Crippen LogP contribution in [0.2, 0.25) is 0 Å². The van der Waals surface area contributed by atoms with Crippen molar-refractivity contribution in [2.24, 2.45) is 5.92 Å². The van der Waals surface area contributed by atoms with Crippen LogP contribution in [0.15, 0.2) is 0 Å². The lowest BCUT2D eigenvalue weighted by Crippen LogP contribution is -2.44. The third kappa shape index (κ3) is 12.2. The van der Waals surface area contributed by atoms with E-state index in [0.29, 0.717) is 30.6 Å². The molecule has 32 heavy (non-hydrogen) atoms. The SMILES string of the molecule is CN[C@@H](CSCC[C@H](CC(=O)[C@H](CCC=O)NC)C(=O)N[C@@H](CCC=O)C(C)=O)C(C)=O. The standard InChI is InChI=1S/C22H37N3O6S/c1-15(28)18(7-5-10-26)25-22(31)17(9-12-32-14-20(24-4)16(2)29)13-21(30)19(23-3)8-6-11-27/h10-11,17-20,23-24H,5-9,12-14H2,1-4H3,(H,25,31)/t17-,18+,19+,20+/m1/s1. The summed E-state index contributed by atoms with van der Waals surface area (Å²) >= 11 is 1.50. The van der Waals surface area contributed by atoms with Gasteiger partial charge in [0.05, 0.1) is 18.1 Å². The van der Waals surface area contributed by atoms with E-state index in [0.717, 1.165) is 6.29 Å². The zero-order valence-corrected chi connectivity index (χ0v) is 20.3. The maximum absolute atomic E-state index is 12.9. The van der Waals surface area contributed by atoms with E-state index < -0.39 is 23.9 Å². The number of rotatable bonds is 20. The van der Waals surface area contributed by atoms with Gasteiger partial charge in [0.25, 0.3) is 0 Å². The first kappa shape index (κ1) is 30.1. The number of hydrogen-bond donors (Lipinski definition) is 3. The molecule has 0 spiro atoms. The monoisotopic (exact) mass is 471 g/mol. The number of hydrogen-bond acceptors (Lipinski definition) is 9. The fraction of sp³-hybridized carbons (Fsp3) is 0.727. The van der Waals surface area contributed by atoms with Crippen LogP contribution in [0.1, 0.15) is 52.4 Å². The fourth-order valence-corrected chi connectivity index (χ4v) is 4.40. The van der Waals surface area contributed by atoms with Crippen molar-refractivity contribution in [3.63, 3.8) is 0 Å². The highest BCUT2D eigenvalue weighted by molar-refractivity contribution is 7.99. The number of likely N-dealkylation sites (N-methyl/N-ethyl adjacent to an activating group) is 2. The Morgan fingerprint density at radius 3 is 1.81 bits per heavy atom. The van der Waals surface area contributed by atoms with E-state index in [1.54, 1.807) is 14.1 Å². The first-order valence-corrected chi connectivity index (χ1v) is 12.0. The maximum atomic E-state index is 12.9. The van der Waals surface area contributed by atoms with Gasteiger partial charge >= 0.3 is 0 Å². The van der Waals surface area contributed by atoms with Crippen molar-refractivity contribution < 1.29 is 28.8 Å². The molecule has 0 aliphatic rings. The number of carbonyl (C=O) groups is 6. The number of ketones is 3. The van der Waals surface area contributed by atoms with E-state index in [1.165, 1.54) is 25.6 Å². The van der Waals surface area contributed by atoms with Gasteiger partial charge in [0.2, 0.25) is 5.91 Å². The van der Waals surface area contributed by atoms with Crippen LogP contribution >= 0.6 is 11.8 Å². The van der Waals surface area contributed by atoms with Gasteiger partial charge in [0, 0.05) is 30.9 Å². The Morgan fingerprint density at radius 1 is 0.812 bits per heavy atom. The quantitative estimate of drug-likeness (QED) is 0.171. The lowest BCUT2D eigenvalue weighted by atomic mass is 9.93. The number of thioether (sulfide) groups is 1. The Hall–Kier alpha value is -1.91. The topological polar surface area (TPSA) is 139 Å². The summed E-state index contributed by atoms with van der Waals surface area (Å²) in [6.07, 6.45) is 2.73. The fourth-order valence-electron chi connectivity index (χ4n) is 3.14. The van der Waals surface area contributed by atoms with E-state index in [9.17, 15) is 28.8 Å². The molecule has 3 N–H and O–H groups in total. The maximum Gasteiger partial charge on any atom is 0.224 e. The normalized spacial score (nSPS) is 14.6. The molecular weight excluding hydrogens is 434 g/mol. The summed E-state index contributed by atoms with van der Waals surface area (Å²) in [7, 11) is 3.34. The number of Topliss-reactive ketones (excluding diaryl/α,β-unsaturated/α-hetero) is 3. The summed E-state index contributed by atoms with van der Waals surface area (Å²) < 4.78 is 0. The minimum absolute atomic E-state index is 0.0241. The predicted octanol–water partition coefficient (Wildman–Crippen LogP) is 0.482. The number of nitrogens with one attached hydrogen (secondary N) is 3. The van der Waals surface area contributed by atoms with Gasteiger partial charge in [-0.3, -0.25) is 19.2 Å². The summed E-state index contributed by atoms with van der Waals surface area (Å²) in [5.74, 6) is -0.384. The minimum Gasteiger partial charge on any atom is -0.346 e. The molecule has 9 nitrogen and oxygen atoms in total. The molecule has 0 radical (unpaired) electrons. The molecular formula is C22H37N3O6S. The summed E-state index contributed by atoms with van der Waals surface area (Å²) in [6.45, 7) is 2.86. The number of aldehydes is 2. The molecule has 1 amide bonds. The smallest absolute Gasteiger partial charge is 0.224 e. The first-order valence-electron chi connectivity index (χ1n) is 10.8. The molecule has 0 saturated carbocycles. The molecule has 0 heterocycles. The molecule has 0 unspecified atom stereocenters. The highest BCUT2D eigenvalue weighted by Gasteiger charge is 2.28. The Labute approximate surface area is 194 Å². The van der Waals surface area contributed by atoms with Gasteiger partial charge in [-0.2, -0.15) is 11.8 Å². The van der Waals surface area contributed by atoms with Crippen molar-refractivity contribution in [3.05, 3.63) is 0 Å². The average Bonchev–Trinajstić information content (AvgIpc) is 2.75. The summed E-state index contributed by atoms with van der Waals surface area (Å²) in [6, 6.07) is -1.59. The van der Waals surface area contributed by atoms with Gasteiger partial charge in [-0.15, -0.1) is 0 Å². The first-order chi connectivity index (χ1) is 15.2. The molecule has 10 heteroatoms. The molecule has 0 aromatic rings. The average molecular weight is 472 g/mol. The second kappa shape index (κ2) is 17.6. The number of amides is 1. The van der Waals surface area contributed by atoms with Crippen molar-refractivity contribution >= 4 is 47.6 Å². The van der Waals surface area contributed by atoms with Gasteiger partial charge in [-0.05, 0) is 53.0 Å². The highest BCUT2D eigenvalue weighted by Crippen LogP contribution is 2.18. The van der Waals surface area contributed by atoms with E-state index >= 15 is 0 Å². The van der Waals surface area contributed by atoms with Crippen molar-refractivity contribution in [2.45, 2.75) is 70.5 Å². The second-order valence-corrected chi connectivity index (χ2v) is 8.83. The minimum atomic E-state index is -0.778. The van der Waals surface area contributed by atoms with E-state index in [2.05, 4.69) is 16.0 Å². The van der Waals surface area contributed by atoms with Crippen LogP contribution in [0.4, 0.5) is 0 Å². The summed E-state index contributed by atoms with van der Waals surface area (Å²) in [4.78, 5) is 70.4. The molecule has 0 fully saturated rings. The molecule has 0 aromatic heterocycles. The van der Waals surface area contributed by atoms with Crippen LogP contribution in [0.5, 0.6) is 0 Å². The molecule has 0 bridgehead atoms. The van der Waals surface area contributed by atoms with Crippen molar-refractivity contribution in [3.8, 4) is 0 Å². The molecule has 182 valence electrons. The molecule has 0 aromatic carbocycles. The van der Waals surface area contributed by atoms with Crippen LogP contribution < -0.4 is 16.0 Å². The van der Waals surface area contributed by atoms with Crippen LogP contribution in [0.3, 0.4) is 0 Å². The van der Waals surface area contributed by atoms with Crippen molar-refractivity contribution in [1.82, 2.24) is 16.0 Å². The molecule has 0 aliphatic carbocycles. The Kier molecular flexibility index (Phi) is 16.6. The molecule has 0 aliphatic heterocycles.